The SMILES string of the molecule is Cc1cccc(N(CCCC(=O)N(Cc2cccc(Br)c2)[C@@H](C)C(=O)NCC(C)C)S(C)(=O)=O)c1. The lowest BCUT2D eigenvalue weighted by molar-refractivity contribution is -0.140. The number of hydrogen-bond acceptors (Lipinski definition) is 4. The Morgan fingerprint density at radius 3 is 2.34 bits per heavy atom. The number of nitrogens with one attached hydrogen (secondary N) is 1. The van der Waals surface area contributed by atoms with Gasteiger partial charge in [0.1, 0.15) is 6.04 Å². The first-order valence-electron chi connectivity index (χ1n) is 11.7. The third-order valence-corrected chi connectivity index (χ3v) is 7.22. The molecule has 0 bridgehead atoms. The van der Waals surface area contributed by atoms with E-state index in [2.05, 4.69) is 21.2 Å². The molecule has 35 heavy (non-hydrogen) atoms. The Labute approximate surface area is 218 Å². The molecule has 192 valence electrons. The minimum atomic E-state index is -3.51. The van der Waals surface area contributed by atoms with Crippen LogP contribution in [0.3, 0.4) is 0 Å². The zero-order valence-corrected chi connectivity index (χ0v) is 23.5. The van der Waals surface area contributed by atoms with Gasteiger partial charge >= 0.3 is 0 Å². The number of anilines is 1. The Morgan fingerprint density at radius 2 is 1.74 bits per heavy atom. The fourth-order valence-electron chi connectivity index (χ4n) is 3.65. The summed E-state index contributed by atoms with van der Waals surface area (Å²) >= 11 is 3.45. The third kappa shape index (κ3) is 9.29. The van der Waals surface area contributed by atoms with Gasteiger partial charge in [-0.05, 0) is 61.6 Å². The van der Waals surface area contributed by atoms with Crippen LogP contribution in [-0.2, 0) is 26.2 Å². The van der Waals surface area contributed by atoms with Crippen molar-refractivity contribution in [3.8, 4) is 0 Å². The number of carbonyl (C=O) groups is 2. The number of carbonyl (C=O) groups excluding carboxylic acids is 2. The summed E-state index contributed by atoms with van der Waals surface area (Å²) in [5, 5.41) is 2.91. The first kappa shape index (κ1) is 28.8. The van der Waals surface area contributed by atoms with Gasteiger partial charge in [0.05, 0.1) is 11.9 Å². The molecule has 0 unspecified atom stereocenters. The molecule has 0 aliphatic rings. The predicted molar refractivity (Wildman–Crippen MR) is 145 cm³/mol. The molecule has 0 saturated heterocycles. The maximum absolute atomic E-state index is 13.3. The van der Waals surface area contributed by atoms with Gasteiger partial charge in [-0.1, -0.05) is 54.0 Å². The van der Waals surface area contributed by atoms with Crippen LogP contribution in [0.2, 0.25) is 0 Å². The number of sulfonamides is 1. The minimum absolute atomic E-state index is 0.119. The normalized spacial score (nSPS) is 12.3. The van der Waals surface area contributed by atoms with Gasteiger partial charge in [0, 0.05) is 30.5 Å². The highest BCUT2D eigenvalue weighted by molar-refractivity contribution is 9.10. The third-order valence-electron chi connectivity index (χ3n) is 5.54. The summed E-state index contributed by atoms with van der Waals surface area (Å²) in [5.74, 6) is -0.113. The first-order valence-corrected chi connectivity index (χ1v) is 14.4. The Bertz CT molecular complexity index is 1120. The lowest BCUT2D eigenvalue weighted by Gasteiger charge is -2.29. The van der Waals surface area contributed by atoms with Crippen LogP contribution in [0.15, 0.2) is 53.0 Å². The molecule has 7 nitrogen and oxygen atoms in total. The van der Waals surface area contributed by atoms with E-state index in [0.29, 0.717) is 24.6 Å². The van der Waals surface area contributed by atoms with E-state index < -0.39 is 16.1 Å². The molecule has 0 aromatic heterocycles. The van der Waals surface area contributed by atoms with Gasteiger partial charge in [-0.3, -0.25) is 13.9 Å². The van der Waals surface area contributed by atoms with Crippen LogP contribution < -0.4 is 9.62 Å². The van der Waals surface area contributed by atoms with E-state index in [1.807, 2.05) is 63.2 Å². The second kappa shape index (κ2) is 13.1. The topological polar surface area (TPSA) is 86.8 Å². The van der Waals surface area contributed by atoms with Gasteiger partial charge < -0.3 is 10.2 Å². The maximum atomic E-state index is 13.3. The van der Waals surface area contributed by atoms with Crippen molar-refractivity contribution in [2.45, 2.75) is 53.1 Å². The van der Waals surface area contributed by atoms with Crippen LogP contribution in [0, 0.1) is 12.8 Å². The molecular formula is C26H36BrN3O4S. The van der Waals surface area contributed by atoms with Crippen molar-refractivity contribution in [1.82, 2.24) is 10.2 Å². The van der Waals surface area contributed by atoms with Crippen LogP contribution in [0.4, 0.5) is 5.69 Å². The molecule has 1 N–H and O–H groups in total. The molecule has 0 saturated carbocycles. The van der Waals surface area contributed by atoms with Crippen molar-refractivity contribution >= 4 is 43.5 Å². The van der Waals surface area contributed by atoms with Crippen molar-refractivity contribution in [3.63, 3.8) is 0 Å². The number of amides is 2. The van der Waals surface area contributed by atoms with E-state index in [9.17, 15) is 18.0 Å². The van der Waals surface area contributed by atoms with Gasteiger partial charge in [0.25, 0.3) is 0 Å². The maximum Gasteiger partial charge on any atom is 0.242 e. The highest BCUT2D eigenvalue weighted by atomic mass is 79.9. The molecule has 2 amide bonds. The zero-order valence-electron chi connectivity index (χ0n) is 21.1. The number of benzene rings is 2. The average Bonchev–Trinajstić information content (AvgIpc) is 2.77. The molecule has 1 atom stereocenters. The predicted octanol–water partition coefficient (Wildman–Crippen LogP) is 4.49. The molecule has 0 fully saturated rings. The average molecular weight is 567 g/mol. The molecule has 0 aliphatic heterocycles. The fraction of sp³-hybridized carbons (Fsp3) is 0.462. The van der Waals surface area contributed by atoms with Crippen LogP contribution >= 0.6 is 15.9 Å². The molecule has 0 radical (unpaired) electrons. The smallest absolute Gasteiger partial charge is 0.242 e. The van der Waals surface area contributed by atoms with Crippen LogP contribution in [0.5, 0.6) is 0 Å². The summed E-state index contributed by atoms with van der Waals surface area (Å²) in [6.45, 7) is 8.63. The second-order valence-electron chi connectivity index (χ2n) is 9.24. The Morgan fingerprint density at radius 1 is 1.06 bits per heavy atom. The molecule has 2 aromatic rings. The lowest BCUT2D eigenvalue weighted by atomic mass is 10.1. The highest BCUT2D eigenvalue weighted by Gasteiger charge is 2.26. The summed E-state index contributed by atoms with van der Waals surface area (Å²) in [6, 6.07) is 14.2. The fourth-order valence-corrected chi connectivity index (χ4v) is 5.06. The Hall–Kier alpha value is -2.39. The van der Waals surface area contributed by atoms with Crippen LogP contribution in [-0.4, -0.2) is 50.5 Å². The van der Waals surface area contributed by atoms with Crippen molar-refractivity contribution < 1.29 is 18.0 Å². The lowest BCUT2D eigenvalue weighted by Crippen LogP contribution is -2.48. The molecule has 0 aliphatic carbocycles. The summed E-state index contributed by atoms with van der Waals surface area (Å²) in [5.41, 5.74) is 2.43. The van der Waals surface area contributed by atoms with Crippen molar-refractivity contribution in [2.75, 3.05) is 23.7 Å². The Balaban J connectivity index is 2.16. The van der Waals surface area contributed by atoms with E-state index in [1.54, 1.807) is 17.9 Å². The van der Waals surface area contributed by atoms with Gasteiger partial charge in [0.2, 0.25) is 21.8 Å². The van der Waals surface area contributed by atoms with Gasteiger partial charge in [-0.25, -0.2) is 8.42 Å². The van der Waals surface area contributed by atoms with Crippen molar-refractivity contribution in [1.29, 1.82) is 0 Å². The first-order chi connectivity index (χ1) is 16.4. The number of hydrogen-bond donors (Lipinski definition) is 1. The number of aryl methyl sites for hydroxylation is 1. The van der Waals surface area contributed by atoms with E-state index in [0.717, 1.165) is 21.9 Å². The highest BCUT2D eigenvalue weighted by Crippen LogP contribution is 2.21. The van der Waals surface area contributed by atoms with E-state index in [-0.39, 0.29) is 31.3 Å². The Kier molecular flexibility index (Phi) is 10.8. The van der Waals surface area contributed by atoms with Gasteiger partial charge in [0.15, 0.2) is 0 Å². The monoisotopic (exact) mass is 565 g/mol. The van der Waals surface area contributed by atoms with Crippen LogP contribution in [0.25, 0.3) is 0 Å². The van der Waals surface area contributed by atoms with Gasteiger partial charge in [-0.2, -0.15) is 0 Å². The van der Waals surface area contributed by atoms with Crippen molar-refractivity contribution in [2.24, 2.45) is 5.92 Å². The molecule has 2 rings (SSSR count). The number of halogens is 1. The number of nitrogens with zero attached hydrogens (tertiary/aromatic N) is 2. The summed E-state index contributed by atoms with van der Waals surface area (Å²) in [7, 11) is -3.51. The zero-order chi connectivity index (χ0) is 26.2. The number of rotatable bonds is 12. The molecule has 9 heteroatoms. The van der Waals surface area contributed by atoms with Crippen LogP contribution in [0.1, 0.15) is 44.7 Å². The van der Waals surface area contributed by atoms with E-state index in [1.165, 1.54) is 4.31 Å². The summed E-state index contributed by atoms with van der Waals surface area (Å²) < 4.78 is 27.1. The molecular weight excluding hydrogens is 530 g/mol. The van der Waals surface area contributed by atoms with Gasteiger partial charge in [-0.15, -0.1) is 0 Å². The molecule has 0 heterocycles. The largest absolute Gasteiger partial charge is 0.354 e. The molecule has 0 spiro atoms. The standard InChI is InChI=1S/C26H36BrN3O4S/c1-19(2)17-28-26(32)21(4)29(18-22-10-7-11-23(27)16-22)25(31)13-8-14-30(35(5,33)34)24-12-6-9-20(3)15-24/h6-7,9-12,15-16,19,21H,8,13-14,17-18H2,1-5H3,(H,28,32)/t21-/m0/s1. The minimum Gasteiger partial charge on any atom is -0.354 e. The quantitative estimate of drug-likeness (QED) is 0.410. The summed E-state index contributed by atoms with van der Waals surface area (Å²) in [4.78, 5) is 27.6. The molecule has 2 aromatic carbocycles. The van der Waals surface area contributed by atoms with E-state index >= 15 is 0 Å². The second-order valence-corrected chi connectivity index (χ2v) is 12.1. The summed E-state index contributed by atoms with van der Waals surface area (Å²) in [6.07, 6.45) is 1.61. The van der Waals surface area contributed by atoms with E-state index in [4.69, 9.17) is 0 Å². The van der Waals surface area contributed by atoms with Crippen molar-refractivity contribution in [3.05, 3.63) is 64.1 Å².